The van der Waals surface area contributed by atoms with Crippen LogP contribution in [0.15, 0.2) is 42.5 Å². The summed E-state index contributed by atoms with van der Waals surface area (Å²) >= 11 is 0. The van der Waals surface area contributed by atoms with E-state index in [4.69, 9.17) is 0 Å². The van der Waals surface area contributed by atoms with Gasteiger partial charge in [0, 0.05) is 5.69 Å². The number of hydrogen-bond donors (Lipinski definition) is 3. The summed E-state index contributed by atoms with van der Waals surface area (Å²) < 4.78 is 26.2. The molecule has 2 rings (SSSR count). The Hall–Kier alpha value is -2.80. The van der Waals surface area contributed by atoms with Gasteiger partial charge in [0.1, 0.15) is 11.6 Å². The Bertz CT molecular complexity index is 758. The molecule has 5 nitrogen and oxygen atoms in total. The summed E-state index contributed by atoms with van der Waals surface area (Å²) in [6, 6.07) is 8.25. The predicted octanol–water partition coefficient (Wildman–Crippen LogP) is 2.45. The van der Waals surface area contributed by atoms with E-state index in [2.05, 4.69) is 10.6 Å². The van der Waals surface area contributed by atoms with E-state index < -0.39 is 35.6 Å². The molecular formula is C18H18F2N2O3. The second-order valence-electron chi connectivity index (χ2n) is 5.73. The largest absolute Gasteiger partial charge is 0.386 e. The average molecular weight is 348 g/mol. The van der Waals surface area contributed by atoms with Gasteiger partial charge in [0.25, 0.3) is 0 Å². The average Bonchev–Trinajstić information content (AvgIpc) is 2.53. The number of rotatable bonds is 4. The molecule has 0 aliphatic heterocycles. The van der Waals surface area contributed by atoms with Crippen molar-refractivity contribution in [3.8, 4) is 0 Å². The van der Waals surface area contributed by atoms with Gasteiger partial charge in [-0.25, -0.2) is 8.78 Å². The zero-order chi connectivity index (χ0) is 18.6. The van der Waals surface area contributed by atoms with E-state index in [1.807, 2.05) is 0 Å². The Balaban J connectivity index is 1.97. The lowest BCUT2D eigenvalue weighted by atomic mass is 10.0. The van der Waals surface area contributed by atoms with Crippen molar-refractivity contribution in [3.63, 3.8) is 0 Å². The molecule has 0 heterocycles. The Morgan fingerprint density at radius 3 is 2.24 bits per heavy atom. The number of amides is 2. The molecule has 0 spiro atoms. The number of carbonyl (C=O) groups excluding carboxylic acids is 2. The molecule has 2 aromatic carbocycles. The second-order valence-corrected chi connectivity index (χ2v) is 5.73. The minimum absolute atomic E-state index is 0.157. The highest BCUT2D eigenvalue weighted by atomic mass is 19.1. The van der Waals surface area contributed by atoms with Crippen molar-refractivity contribution in [2.45, 2.75) is 26.0 Å². The molecule has 0 radical (unpaired) electrons. The number of aliphatic hydroxyl groups excluding tert-OH is 1. The molecule has 0 aliphatic rings. The molecule has 2 amide bonds. The summed E-state index contributed by atoms with van der Waals surface area (Å²) in [5.41, 5.74) is 1.15. The highest BCUT2D eigenvalue weighted by molar-refractivity contribution is 6.39. The molecule has 2 aromatic rings. The quantitative estimate of drug-likeness (QED) is 0.743. The fourth-order valence-electron chi connectivity index (χ4n) is 2.30. The first-order valence-corrected chi connectivity index (χ1v) is 7.59. The zero-order valence-electron chi connectivity index (χ0n) is 13.7. The molecule has 0 bridgehead atoms. The van der Waals surface area contributed by atoms with Crippen LogP contribution in [0.4, 0.5) is 14.5 Å². The normalized spacial score (nSPS) is 13.0. The van der Waals surface area contributed by atoms with Gasteiger partial charge in [0.05, 0.1) is 12.1 Å². The molecule has 0 saturated heterocycles. The van der Waals surface area contributed by atoms with Crippen molar-refractivity contribution >= 4 is 17.5 Å². The topological polar surface area (TPSA) is 78.4 Å². The van der Waals surface area contributed by atoms with Crippen LogP contribution in [-0.2, 0) is 9.59 Å². The lowest BCUT2D eigenvalue weighted by Gasteiger charge is -2.20. The van der Waals surface area contributed by atoms with Crippen molar-refractivity contribution in [2.75, 3.05) is 5.32 Å². The van der Waals surface area contributed by atoms with Crippen LogP contribution in [0.5, 0.6) is 0 Å². The molecule has 0 aliphatic carbocycles. The zero-order valence-corrected chi connectivity index (χ0v) is 13.7. The summed E-state index contributed by atoms with van der Waals surface area (Å²) in [4.78, 5) is 23.8. The summed E-state index contributed by atoms with van der Waals surface area (Å²) in [6.07, 6.45) is -1.12. The Kier molecular flexibility index (Phi) is 5.82. The maximum Gasteiger partial charge on any atom is 0.313 e. The van der Waals surface area contributed by atoms with E-state index in [1.54, 1.807) is 6.92 Å². The Labute approximate surface area is 143 Å². The van der Waals surface area contributed by atoms with Crippen LogP contribution in [0.1, 0.15) is 24.2 Å². The van der Waals surface area contributed by atoms with Crippen molar-refractivity contribution in [2.24, 2.45) is 0 Å². The van der Waals surface area contributed by atoms with Gasteiger partial charge in [0.2, 0.25) is 0 Å². The number of aryl methyl sites for hydroxylation is 1. The minimum Gasteiger partial charge on any atom is -0.386 e. The number of anilines is 1. The summed E-state index contributed by atoms with van der Waals surface area (Å²) in [6.45, 7) is 3.16. The lowest BCUT2D eigenvalue weighted by molar-refractivity contribution is -0.137. The van der Waals surface area contributed by atoms with Crippen LogP contribution in [0.2, 0.25) is 0 Å². The van der Waals surface area contributed by atoms with Gasteiger partial charge in [-0.2, -0.15) is 0 Å². The van der Waals surface area contributed by atoms with Gasteiger partial charge in [-0.3, -0.25) is 9.59 Å². The number of hydrogen-bond acceptors (Lipinski definition) is 3. The Morgan fingerprint density at radius 1 is 1.00 bits per heavy atom. The van der Waals surface area contributed by atoms with E-state index in [1.165, 1.54) is 43.3 Å². The number of aliphatic hydroxyl groups is 1. The third-order valence-corrected chi connectivity index (χ3v) is 3.55. The first-order chi connectivity index (χ1) is 11.8. The van der Waals surface area contributed by atoms with Crippen molar-refractivity contribution in [3.05, 3.63) is 65.2 Å². The van der Waals surface area contributed by atoms with Crippen LogP contribution in [0, 0.1) is 18.6 Å². The van der Waals surface area contributed by atoms with Crippen LogP contribution in [0.3, 0.4) is 0 Å². The van der Waals surface area contributed by atoms with Gasteiger partial charge in [-0.15, -0.1) is 0 Å². The van der Waals surface area contributed by atoms with E-state index in [-0.39, 0.29) is 5.69 Å². The number of benzene rings is 2. The van der Waals surface area contributed by atoms with Crippen LogP contribution >= 0.6 is 0 Å². The molecule has 132 valence electrons. The van der Waals surface area contributed by atoms with Crippen molar-refractivity contribution in [1.82, 2.24) is 5.32 Å². The minimum atomic E-state index is -1.12. The van der Waals surface area contributed by atoms with Gasteiger partial charge in [0.15, 0.2) is 0 Å². The van der Waals surface area contributed by atoms with Crippen LogP contribution in [0.25, 0.3) is 0 Å². The monoisotopic (exact) mass is 348 g/mol. The van der Waals surface area contributed by atoms with E-state index in [0.717, 1.165) is 6.07 Å². The van der Waals surface area contributed by atoms with Gasteiger partial charge in [-0.05, 0) is 55.3 Å². The number of carbonyl (C=O) groups is 2. The standard InChI is InChI=1S/C18H18F2N2O3/c1-10-7-14(20)9-15(8-10)22-18(25)17(24)21-11(2)16(23)12-3-5-13(19)6-4-12/h3-9,11,16,23H,1-2H3,(H,21,24)(H,22,25). The van der Waals surface area contributed by atoms with E-state index >= 15 is 0 Å². The third-order valence-electron chi connectivity index (χ3n) is 3.55. The van der Waals surface area contributed by atoms with Crippen molar-refractivity contribution < 1.29 is 23.5 Å². The fourth-order valence-corrected chi connectivity index (χ4v) is 2.30. The number of nitrogens with one attached hydrogen (secondary N) is 2. The molecule has 0 saturated carbocycles. The third kappa shape index (κ3) is 5.09. The fraction of sp³-hybridized carbons (Fsp3) is 0.222. The first kappa shape index (κ1) is 18.5. The molecular weight excluding hydrogens is 330 g/mol. The molecule has 0 aromatic heterocycles. The first-order valence-electron chi connectivity index (χ1n) is 7.59. The molecule has 2 atom stereocenters. The maximum absolute atomic E-state index is 13.3. The van der Waals surface area contributed by atoms with E-state index in [9.17, 15) is 23.5 Å². The highest BCUT2D eigenvalue weighted by Crippen LogP contribution is 2.17. The van der Waals surface area contributed by atoms with Crippen LogP contribution < -0.4 is 10.6 Å². The molecule has 2 unspecified atom stereocenters. The smallest absolute Gasteiger partial charge is 0.313 e. The van der Waals surface area contributed by atoms with Gasteiger partial charge >= 0.3 is 11.8 Å². The Morgan fingerprint density at radius 2 is 1.64 bits per heavy atom. The molecule has 0 fully saturated rings. The van der Waals surface area contributed by atoms with Gasteiger partial charge in [-0.1, -0.05) is 12.1 Å². The van der Waals surface area contributed by atoms with E-state index in [0.29, 0.717) is 11.1 Å². The molecule has 25 heavy (non-hydrogen) atoms. The summed E-state index contributed by atoms with van der Waals surface area (Å²) in [7, 11) is 0. The predicted molar refractivity (Wildman–Crippen MR) is 88.7 cm³/mol. The van der Waals surface area contributed by atoms with Crippen molar-refractivity contribution in [1.29, 1.82) is 0 Å². The SMILES string of the molecule is Cc1cc(F)cc(NC(=O)C(=O)NC(C)C(O)c2ccc(F)cc2)c1. The molecule has 3 N–H and O–H groups in total. The maximum atomic E-state index is 13.3. The van der Waals surface area contributed by atoms with Crippen LogP contribution in [-0.4, -0.2) is 23.0 Å². The number of halogens is 2. The summed E-state index contributed by atoms with van der Waals surface area (Å²) in [5.74, 6) is -2.94. The molecule has 7 heteroatoms. The highest BCUT2D eigenvalue weighted by Gasteiger charge is 2.22. The van der Waals surface area contributed by atoms with Gasteiger partial charge < -0.3 is 15.7 Å². The second kappa shape index (κ2) is 7.85. The lowest BCUT2D eigenvalue weighted by Crippen LogP contribution is -2.43. The summed E-state index contributed by atoms with van der Waals surface area (Å²) in [5, 5.41) is 14.8.